The second kappa shape index (κ2) is 7.74. The van der Waals surface area contributed by atoms with Crippen molar-refractivity contribution in [3.05, 3.63) is 0 Å². The maximum Gasteiger partial charge on any atom is 0.217 e. The van der Waals surface area contributed by atoms with Crippen molar-refractivity contribution in [3.63, 3.8) is 0 Å². The molecule has 0 aromatic carbocycles. The Labute approximate surface area is 111 Å². The molecule has 0 aromatic heterocycles. The number of nitrogens with one attached hydrogen (secondary N) is 1. The Morgan fingerprint density at radius 2 is 1.94 bits per heavy atom. The molecule has 1 heterocycles. The van der Waals surface area contributed by atoms with Crippen LogP contribution in [0, 0.1) is 11.8 Å². The summed E-state index contributed by atoms with van der Waals surface area (Å²) in [5.41, 5.74) is 5.25. The van der Waals surface area contributed by atoms with Gasteiger partial charge in [0.1, 0.15) is 0 Å². The first-order valence-corrected chi connectivity index (χ1v) is 7.21. The lowest BCUT2D eigenvalue weighted by atomic mass is 9.93. The van der Waals surface area contributed by atoms with Crippen LogP contribution in [0.15, 0.2) is 0 Å². The maximum atomic E-state index is 10.9. The van der Waals surface area contributed by atoms with E-state index >= 15 is 0 Å². The van der Waals surface area contributed by atoms with E-state index in [9.17, 15) is 4.79 Å². The zero-order valence-corrected chi connectivity index (χ0v) is 12.1. The summed E-state index contributed by atoms with van der Waals surface area (Å²) in [6, 6.07) is 0.564. The van der Waals surface area contributed by atoms with Crippen molar-refractivity contribution in [3.8, 4) is 0 Å². The molecule has 1 atom stereocenters. The van der Waals surface area contributed by atoms with Crippen molar-refractivity contribution < 1.29 is 4.79 Å². The fourth-order valence-corrected chi connectivity index (χ4v) is 2.60. The second-order valence-electron chi connectivity index (χ2n) is 6.08. The molecule has 1 fully saturated rings. The van der Waals surface area contributed by atoms with Gasteiger partial charge in [0.2, 0.25) is 5.91 Å². The molecule has 4 heteroatoms. The second-order valence-corrected chi connectivity index (χ2v) is 6.08. The number of carbonyl (C=O) groups is 1. The van der Waals surface area contributed by atoms with E-state index in [1.807, 2.05) is 0 Å². The highest BCUT2D eigenvalue weighted by Crippen LogP contribution is 2.20. The van der Waals surface area contributed by atoms with E-state index < -0.39 is 0 Å². The maximum absolute atomic E-state index is 10.9. The van der Waals surface area contributed by atoms with Crippen LogP contribution in [0.1, 0.15) is 40.0 Å². The van der Waals surface area contributed by atoms with Gasteiger partial charge in [0.05, 0.1) is 0 Å². The smallest absolute Gasteiger partial charge is 0.217 e. The van der Waals surface area contributed by atoms with Gasteiger partial charge in [-0.2, -0.15) is 0 Å². The Balaban J connectivity index is 2.16. The van der Waals surface area contributed by atoms with Gasteiger partial charge in [0, 0.05) is 19.0 Å². The third-order valence-electron chi connectivity index (χ3n) is 3.64. The fourth-order valence-electron chi connectivity index (χ4n) is 2.60. The SMILES string of the molecule is CC(CNC(C)C)CN1CCC(CC(N)=O)CC1. The van der Waals surface area contributed by atoms with Crippen LogP contribution in [0.25, 0.3) is 0 Å². The van der Waals surface area contributed by atoms with Crippen molar-refractivity contribution in [2.45, 2.75) is 46.1 Å². The molecule has 0 aromatic rings. The third kappa shape index (κ3) is 6.36. The number of hydrogen-bond acceptors (Lipinski definition) is 3. The van der Waals surface area contributed by atoms with Crippen LogP contribution in [0.4, 0.5) is 0 Å². The van der Waals surface area contributed by atoms with E-state index in [-0.39, 0.29) is 5.91 Å². The minimum Gasteiger partial charge on any atom is -0.370 e. The van der Waals surface area contributed by atoms with Gasteiger partial charge in [-0.1, -0.05) is 20.8 Å². The van der Waals surface area contributed by atoms with Gasteiger partial charge < -0.3 is 16.0 Å². The quantitative estimate of drug-likeness (QED) is 0.719. The zero-order chi connectivity index (χ0) is 13.5. The summed E-state index contributed by atoms with van der Waals surface area (Å²) in [7, 11) is 0. The minimum absolute atomic E-state index is 0.150. The molecule has 0 radical (unpaired) electrons. The first-order chi connectivity index (χ1) is 8.47. The van der Waals surface area contributed by atoms with Crippen LogP contribution in [-0.2, 0) is 4.79 Å². The first kappa shape index (κ1) is 15.4. The molecule has 1 amide bonds. The van der Waals surface area contributed by atoms with E-state index in [0.717, 1.165) is 39.0 Å². The van der Waals surface area contributed by atoms with Gasteiger partial charge in [0.15, 0.2) is 0 Å². The van der Waals surface area contributed by atoms with Crippen LogP contribution < -0.4 is 11.1 Å². The molecular formula is C14H29N3O. The number of hydrogen-bond donors (Lipinski definition) is 2. The summed E-state index contributed by atoms with van der Waals surface area (Å²) >= 11 is 0. The topological polar surface area (TPSA) is 58.4 Å². The molecule has 1 saturated heterocycles. The number of carbonyl (C=O) groups excluding carboxylic acids is 1. The van der Waals surface area contributed by atoms with Gasteiger partial charge in [-0.25, -0.2) is 0 Å². The molecule has 18 heavy (non-hydrogen) atoms. The summed E-state index contributed by atoms with van der Waals surface area (Å²) in [5, 5.41) is 3.48. The molecule has 0 saturated carbocycles. The Morgan fingerprint density at radius 1 is 1.33 bits per heavy atom. The van der Waals surface area contributed by atoms with Crippen LogP contribution in [0.5, 0.6) is 0 Å². The van der Waals surface area contributed by atoms with Gasteiger partial charge in [-0.15, -0.1) is 0 Å². The molecule has 1 rings (SSSR count). The molecule has 3 N–H and O–H groups in total. The lowest BCUT2D eigenvalue weighted by Gasteiger charge is -2.33. The Morgan fingerprint density at radius 3 is 2.44 bits per heavy atom. The highest BCUT2D eigenvalue weighted by Gasteiger charge is 2.21. The average Bonchev–Trinajstić information content (AvgIpc) is 2.28. The normalized spacial score (nSPS) is 20.2. The summed E-state index contributed by atoms with van der Waals surface area (Å²) in [4.78, 5) is 13.4. The standard InChI is InChI=1S/C14H29N3O/c1-11(2)16-9-12(3)10-17-6-4-13(5-7-17)8-14(15)18/h11-13,16H,4-10H2,1-3H3,(H2,15,18). The monoisotopic (exact) mass is 255 g/mol. The predicted molar refractivity (Wildman–Crippen MR) is 75.3 cm³/mol. The molecule has 0 bridgehead atoms. The van der Waals surface area contributed by atoms with E-state index in [4.69, 9.17) is 5.73 Å². The van der Waals surface area contributed by atoms with E-state index in [1.165, 1.54) is 0 Å². The van der Waals surface area contributed by atoms with Crippen LogP contribution in [-0.4, -0.2) is 43.0 Å². The Hall–Kier alpha value is -0.610. The highest BCUT2D eigenvalue weighted by atomic mass is 16.1. The molecular weight excluding hydrogens is 226 g/mol. The molecule has 106 valence electrons. The van der Waals surface area contributed by atoms with Crippen LogP contribution in [0.3, 0.4) is 0 Å². The largest absolute Gasteiger partial charge is 0.370 e. The third-order valence-corrected chi connectivity index (χ3v) is 3.64. The molecule has 0 spiro atoms. The van der Waals surface area contributed by atoms with E-state index in [2.05, 4.69) is 31.0 Å². The van der Waals surface area contributed by atoms with Crippen molar-refractivity contribution >= 4 is 5.91 Å². The number of rotatable bonds is 7. The number of primary amides is 1. The summed E-state index contributed by atoms with van der Waals surface area (Å²) < 4.78 is 0. The van der Waals surface area contributed by atoms with Gasteiger partial charge in [0.25, 0.3) is 0 Å². The number of amides is 1. The lowest BCUT2D eigenvalue weighted by molar-refractivity contribution is -0.119. The highest BCUT2D eigenvalue weighted by molar-refractivity contribution is 5.73. The number of piperidine rings is 1. The van der Waals surface area contributed by atoms with Crippen molar-refractivity contribution in [2.75, 3.05) is 26.2 Å². The lowest BCUT2D eigenvalue weighted by Crippen LogP contribution is -2.40. The summed E-state index contributed by atoms with van der Waals surface area (Å²) in [6.45, 7) is 11.1. The predicted octanol–water partition coefficient (Wildman–Crippen LogP) is 1.21. The van der Waals surface area contributed by atoms with Gasteiger partial charge in [-0.05, 0) is 44.3 Å². The van der Waals surface area contributed by atoms with Gasteiger partial charge in [-0.3, -0.25) is 4.79 Å². The molecule has 0 aliphatic carbocycles. The Kier molecular flexibility index (Phi) is 6.65. The van der Waals surface area contributed by atoms with E-state index in [0.29, 0.717) is 24.3 Å². The van der Waals surface area contributed by atoms with Gasteiger partial charge >= 0.3 is 0 Å². The van der Waals surface area contributed by atoms with Crippen molar-refractivity contribution in [1.82, 2.24) is 10.2 Å². The van der Waals surface area contributed by atoms with Crippen LogP contribution in [0.2, 0.25) is 0 Å². The van der Waals surface area contributed by atoms with Crippen molar-refractivity contribution in [1.29, 1.82) is 0 Å². The van der Waals surface area contributed by atoms with Crippen LogP contribution >= 0.6 is 0 Å². The number of nitrogens with zero attached hydrogens (tertiary/aromatic N) is 1. The zero-order valence-electron chi connectivity index (χ0n) is 12.1. The first-order valence-electron chi connectivity index (χ1n) is 7.21. The number of nitrogens with two attached hydrogens (primary N) is 1. The molecule has 1 unspecified atom stereocenters. The fraction of sp³-hybridized carbons (Fsp3) is 0.929. The Bertz CT molecular complexity index is 247. The summed E-state index contributed by atoms with van der Waals surface area (Å²) in [5.74, 6) is 1.05. The minimum atomic E-state index is -0.150. The van der Waals surface area contributed by atoms with E-state index in [1.54, 1.807) is 0 Å². The summed E-state index contributed by atoms with van der Waals surface area (Å²) in [6.07, 6.45) is 2.80. The average molecular weight is 255 g/mol. The molecule has 1 aliphatic rings. The molecule has 1 aliphatic heterocycles. The number of likely N-dealkylation sites (tertiary alicyclic amines) is 1. The van der Waals surface area contributed by atoms with Crippen molar-refractivity contribution in [2.24, 2.45) is 17.6 Å². The molecule has 4 nitrogen and oxygen atoms in total.